The standard InChI is InChI=1S/C20H18F6.H2O/c1-11-2-4-12(5-3-11)13-6-7-15(16(21)8-13)20(25,26)14-9-17(22)19(24)18(23)10-14;/h6-12H,2-5H2,1H3;1H2. The number of alkyl halides is 2. The highest BCUT2D eigenvalue weighted by molar-refractivity contribution is 5.37. The summed E-state index contributed by atoms with van der Waals surface area (Å²) in [6.45, 7) is 2.14. The van der Waals surface area contributed by atoms with Crippen molar-refractivity contribution in [1.82, 2.24) is 0 Å². The largest absolute Gasteiger partial charge is 0.412 e. The van der Waals surface area contributed by atoms with Crippen molar-refractivity contribution in [2.45, 2.75) is 44.4 Å². The van der Waals surface area contributed by atoms with E-state index in [2.05, 4.69) is 6.92 Å². The van der Waals surface area contributed by atoms with Gasteiger partial charge in [-0.3, -0.25) is 0 Å². The lowest BCUT2D eigenvalue weighted by Gasteiger charge is -2.27. The fourth-order valence-electron chi connectivity index (χ4n) is 3.53. The Morgan fingerprint density at radius 3 is 1.89 bits per heavy atom. The zero-order valence-electron chi connectivity index (χ0n) is 14.6. The predicted molar refractivity (Wildman–Crippen MR) is 89.7 cm³/mol. The van der Waals surface area contributed by atoms with Crippen LogP contribution < -0.4 is 0 Å². The Labute approximate surface area is 153 Å². The second-order valence-corrected chi connectivity index (χ2v) is 7.02. The SMILES string of the molecule is CC1CCC(c2ccc(C(F)(F)c3cc(F)c(F)c(F)c3)c(F)c2)CC1.O. The number of halogens is 6. The van der Waals surface area contributed by atoms with E-state index in [4.69, 9.17) is 0 Å². The van der Waals surface area contributed by atoms with Gasteiger partial charge in [0, 0.05) is 5.56 Å². The molecule has 1 aliphatic rings. The summed E-state index contributed by atoms with van der Waals surface area (Å²) in [5, 5.41) is 0. The Kier molecular flexibility index (Phi) is 6.24. The second-order valence-electron chi connectivity index (χ2n) is 7.02. The van der Waals surface area contributed by atoms with Crippen LogP contribution in [0.5, 0.6) is 0 Å². The highest BCUT2D eigenvalue weighted by Gasteiger charge is 2.38. The van der Waals surface area contributed by atoms with Crippen molar-refractivity contribution < 1.29 is 31.8 Å². The predicted octanol–water partition coefficient (Wildman–Crippen LogP) is 5.85. The number of benzene rings is 2. The van der Waals surface area contributed by atoms with E-state index in [0.29, 0.717) is 11.5 Å². The maximum Gasteiger partial charge on any atom is 0.301 e. The van der Waals surface area contributed by atoms with Crippen LogP contribution in [0.1, 0.15) is 55.2 Å². The van der Waals surface area contributed by atoms with E-state index in [0.717, 1.165) is 37.8 Å². The first-order valence-corrected chi connectivity index (χ1v) is 8.53. The minimum Gasteiger partial charge on any atom is -0.412 e. The molecule has 1 aliphatic carbocycles. The number of hydrogen-bond donors (Lipinski definition) is 0. The van der Waals surface area contributed by atoms with Gasteiger partial charge < -0.3 is 5.48 Å². The molecule has 0 bridgehead atoms. The molecule has 0 aliphatic heterocycles. The van der Waals surface area contributed by atoms with E-state index in [1.54, 1.807) is 0 Å². The van der Waals surface area contributed by atoms with Crippen molar-refractivity contribution >= 4 is 0 Å². The van der Waals surface area contributed by atoms with Gasteiger partial charge in [0.15, 0.2) is 17.5 Å². The van der Waals surface area contributed by atoms with Gasteiger partial charge in [0.05, 0.1) is 5.56 Å². The summed E-state index contributed by atoms with van der Waals surface area (Å²) in [6.07, 6.45) is 3.73. The minimum atomic E-state index is -3.99. The van der Waals surface area contributed by atoms with Crippen LogP contribution in [0, 0.1) is 29.2 Å². The lowest BCUT2D eigenvalue weighted by molar-refractivity contribution is 0.0379. The van der Waals surface area contributed by atoms with Gasteiger partial charge in [-0.15, -0.1) is 0 Å². The Morgan fingerprint density at radius 1 is 0.815 bits per heavy atom. The summed E-state index contributed by atoms with van der Waals surface area (Å²) in [7, 11) is 0. The normalized spacial score (nSPS) is 20.3. The van der Waals surface area contributed by atoms with E-state index in [9.17, 15) is 26.3 Å². The van der Waals surface area contributed by atoms with E-state index < -0.39 is 40.3 Å². The van der Waals surface area contributed by atoms with Gasteiger partial charge in [-0.2, -0.15) is 8.78 Å². The third-order valence-corrected chi connectivity index (χ3v) is 5.17. The van der Waals surface area contributed by atoms with Crippen LogP contribution in [0.25, 0.3) is 0 Å². The first-order chi connectivity index (χ1) is 12.2. The summed E-state index contributed by atoms with van der Waals surface area (Å²) in [5.41, 5.74) is -1.48. The van der Waals surface area contributed by atoms with E-state index in [1.807, 2.05) is 0 Å². The third kappa shape index (κ3) is 4.13. The molecule has 0 aromatic heterocycles. The molecule has 0 spiro atoms. The fraction of sp³-hybridized carbons (Fsp3) is 0.400. The van der Waals surface area contributed by atoms with Crippen molar-refractivity contribution in [2.24, 2.45) is 5.92 Å². The average Bonchev–Trinajstić information content (AvgIpc) is 2.59. The molecular weight excluding hydrogens is 370 g/mol. The fourth-order valence-corrected chi connectivity index (χ4v) is 3.53. The molecule has 2 N–H and O–H groups in total. The van der Waals surface area contributed by atoms with Gasteiger partial charge in [0.2, 0.25) is 0 Å². The lowest BCUT2D eigenvalue weighted by atomic mass is 9.79. The maximum atomic E-state index is 14.6. The zero-order valence-corrected chi connectivity index (χ0v) is 14.6. The van der Waals surface area contributed by atoms with Crippen LogP contribution in [-0.4, -0.2) is 5.48 Å². The van der Waals surface area contributed by atoms with Crippen LogP contribution in [0.2, 0.25) is 0 Å². The highest BCUT2D eigenvalue weighted by Crippen LogP contribution is 2.41. The molecule has 0 heterocycles. The average molecular weight is 390 g/mol. The topological polar surface area (TPSA) is 31.5 Å². The van der Waals surface area contributed by atoms with E-state index in [-0.39, 0.29) is 23.5 Å². The van der Waals surface area contributed by atoms with Crippen LogP contribution in [-0.2, 0) is 5.92 Å². The molecule has 0 saturated heterocycles. The van der Waals surface area contributed by atoms with Gasteiger partial charge in [0.1, 0.15) is 5.82 Å². The molecule has 2 aromatic carbocycles. The summed E-state index contributed by atoms with van der Waals surface area (Å²) < 4.78 is 83.1. The van der Waals surface area contributed by atoms with Gasteiger partial charge in [0.25, 0.3) is 0 Å². The summed E-state index contributed by atoms with van der Waals surface area (Å²) in [4.78, 5) is 0. The third-order valence-electron chi connectivity index (χ3n) is 5.17. The molecule has 0 amide bonds. The molecule has 1 fully saturated rings. The van der Waals surface area contributed by atoms with Crippen molar-refractivity contribution in [3.05, 3.63) is 70.3 Å². The van der Waals surface area contributed by atoms with Crippen molar-refractivity contribution in [1.29, 1.82) is 0 Å². The van der Waals surface area contributed by atoms with Crippen molar-refractivity contribution in [2.75, 3.05) is 0 Å². The Bertz CT molecular complexity index is 789. The molecule has 3 rings (SSSR count). The Hall–Kier alpha value is -2.02. The van der Waals surface area contributed by atoms with Crippen LogP contribution in [0.4, 0.5) is 26.3 Å². The number of rotatable bonds is 3. The van der Waals surface area contributed by atoms with Gasteiger partial charge in [-0.25, -0.2) is 17.6 Å². The molecule has 1 nitrogen and oxygen atoms in total. The van der Waals surface area contributed by atoms with Gasteiger partial charge in [-0.05, 0) is 54.5 Å². The smallest absolute Gasteiger partial charge is 0.301 e. The lowest BCUT2D eigenvalue weighted by Crippen LogP contribution is -2.19. The minimum absolute atomic E-state index is 0. The molecule has 148 valence electrons. The number of hydrogen-bond acceptors (Lipinski definition) is 0. The molecule has 27 heavy (non-hydrogen) atoms. The van der Waals surface area contributed by atoms with Crippen LogP contribution in [0.3, 0.4) is 0 Å². The summed E-state index contributed by atoms with van der Waals surface area (Å²) in [6, 6.07) is 3.83. The van der Waals surface area contributed by atoms with Gasteiger partial charge in [-0.1, -0.05) is 25.8 Å². The Morgan fingerprint density at radius 2 is 1.37 bits per heavy atom. The van der Waals surface area contributed by atoms with Crippen LogP contribution in [0.15, 0.2) is 30.3 Å². The summed E-state index contributed by atoms with van der Waals surface area (Å²) in [5.74, 6) is -9.74. The molecule has 0 unspecified atom stereocenters. The molecule has 2 aromatic rings. The Balaban J connectivity index is 0.00000261. The van der Waals surface area contributed by atoms with Gasteiger partial charge >= 0.3 is 5.92 Å². The first kappa shape index (κ1) is 21.3. The van der Waals surface area contributed by atoms with Crippen molar-refractivity contribution in [3.63, 3.8) is 0 Å². The zero-order chi connectivity index (χ0) is 19.1. The maximum absolute atomic E-state index is 14.6. The quantitative estimate of drug-likeness (QED) is 0.465. The van der Waals surface area contributed by atoms with Crippen LogP contribution >= 0.6 is 0 Å². The molecule has 1 saturated carbocycles. The molecule has 7 heteroatoms. The van der Waals surface area contributed by atoms with E-state index >= 15 is 0 Å². The molecule has 0 radical (unpaired) electrons. The summed E-state index contributed by atoms with van der Waals surface area (Å²) >= 11 is 0. The van der Waals surface area contributed by atoms with Crippen molar-refractivity contribution in [3.8, 4) is 0 Å². The molecule has 0 atom stereocenters. The van der Waals surface area contributed by atoms with E-state index in [1.165, 1.54) is 6.07 Å². The molecular formula is C20H20F6O. The second kappa shape index (κ2) is 7.92. The monoisotopic (exact) mass is 390 g/mol. The first-order valence-electron chi connectivity index (χ1n) is 8.53. The highest BCUT2D eigenvalue weighted by atomic mass is 19.3.